The van der Waals surface area contributed by atoms with Gasteiger partial charge >= 0.3 is 0 Å². The summed E-state index contributed by atoms with van der Waals surface area (Å²) >= 11 is 5.99. The number of nitrogens with zero attached hydrogens (tertiary/aromatic N) is 2. The molecule has 1 heterocycles. The van der Waals surface area contributed by atoms with Gasteiger partial charge in [-0.1, -0.05) is 18.5 Å². The number of carbonyl (C=O) groups is 2. The van der Waals surface area contributed by atoms with Crippen LogP contribution in [0.1, 0.15) is 13.3 Å². The van der Waals surface area contributed by atoms with Crippen LogP contribution in [0.4, 0.5) is 5.69 Å². The number of benzene rings is 1. The number of carbonyl (C=O) groups excluding carboxylic acids is 2. The van der Waals surface area contributed by atoms with Gasteiger partial charge in [0.1, 0.15) is 5.75 Å². The molecular formula is C18H24ClN3O3. The van der Waals surface area contributed by atoms with Gasteiger partial charge in [0.15, 0.2) is 0 Å². The Morgan fingerprint density at radius 1 is 1.24 bits per heavy atom. The molecule has 2 fully saturated rings. The van der Waals surface area contributed by atoms with Crippen LogP contribution >= 0.6 is 11.6 Å². The minimum Gasteiger partial charge on any atom is -0.495 e. The van der Waals surface area contributed by atoms with Crippen LogP contribution in [0.3, 0.4) is 0 Å². The molecule has 2 aliphatic rings. The van der Waals surface area contributed by atoms with Crippen LogP contribution in [0, 0.1) is 11.8 Å². The SMILES string of the molecule is CCN1CCN(C(=O)C2CC2C(=O)Nc2cc(Cl)ccc2OC)CC1. The predicted octanol–water partition coefficient (Wildman–Crippen LogP) is 2.09. The number of hydrogen-bond donors (Lipinski definition) is 1. The van der Waals surface area contributed by atoms with Gasteiger partial charge in [0.25, 0.3) is 0 Å². The third kappa shape index (κ3) is 4.07. The van der Waals surface area contributed by atoms with E-state index in [1.807, 2.05) is 4.90 Å². The second kappa shape index (κ2) is 7.62. The average molecular weight is 366 g/mol. The molecule has 0 aromatic heterocycles. The van der Waals surface area contributed by atoms with Gasteiger partial charge in [-0.25, -0.2) is 0 Å². The quantitative estimate of drug-likeness (QED) is 0.867. The molecule has 1 aliphatic heterocycles. The lowest BCUT2D eigenvalue weighted by atomic mass is 10.2. The maximum absolute atomic E-state index is 12.6. The van der Waals surface area contributed by atoms with E-state index in [0.717, 1.165) is 32.7 Å². The number of anilines is 1. The molecule has 2 unspecified atom stereocenters. The Balaban J connectivity index is 1.56. The molecule has 0 bridgehead atoms. The molecule has 2 atom stereocenters. The number of rotatable bonds is 5. The number of likely N-dealkylation sites (N-methyl/N-ethyl adjacent to an activating group) is 1. The first-order valence-corrected chi connectivity index (χ1v) is 9.06. The number of amides is 2. The van der Waals surface area contributed by atoms with Gasteiger partial charge in [0.05, 0.1) is 24.6 Å². The molecule has 1 N–H and O–H groups in total. The van der Waals surface area contributed by atoms with Crippen molar-refractivity contribution in [2.24, 2.45) is 11.8 Å². The van der Waals surface area contributed by atoms with Crippen LogP contribution in [0.2, 0.25) is 5.02 Å². The van der Waals surface area contributed by atoms with Crippen LogP contribution in [0.5, 0.6) is 5.75 Å². The van der Waals surface area contributed by atoms with Gasteiger partial charge in [0, 0.05) is 31.2 Å². The number of hydrogen-bond acceptors (Lipinski definition) is 4. The normalized spacial score (nSPS) is 23.2. The molecule has 6 nitrogen and oxygen atoms in total. The van der Waals surface area contributed by atoms with E-state index in [0.29, 0.717) is 22.9 Å². The molecule has 3 rings (SSSR count). The number of nitrogens with one attached hydrogen (secondary N) is 1. The summed E-state index contributed by atoms with van der Waals surface area (Å²) in [5.74, 6) is 0.0517. The van der Waals surface area contributed by atoms with Crippen molar-refractivity contribution >= 4 is 29.1 Å². The highest BCUT2D eigenvalue weighted by Crippen LogP contribution is 2.41. The highest BCUT2D eigenvalue weighted by Gasteiger charge is 2.49. The van der Waals surface area contributed by atoms with E-state index in [2.05, 4.69) is 17.1 Å². The maximum Gasteiger partial charge on any atom is 0.228 e. The summed E-state index contributed by atoms with van der Waals surface area (Å²) in [5, 5.41) is 3.36. The topological polar surface area (TPSA) is 61.9 Å². The Bertz CT molecular complexity index is 659. The van der Waals surface area contributed by atoms with Crippen LogP contribution in [0.15, 0.2) is 18.2 Å². The molecule has 2 amide bonds. The van der Waals surface area contributed by atoms with E-state index in [-0.39, 0.29) is 23.7 Å². The Morgan fingerprint density at radius 3 is 2.60 bits per heavy atom. The molecule has 1 aromatic rings. The monoisotopic (exact) mass is 365 g/mol. The molecule has 1 saturated heterocycles. The van der Waals surface area contributed by atoms with E-state index < -0.39 is 0 Å². The fraction of sp³-hybridized carbons (Fsp3) is 0.556. The predicted molar refractivity (Wildman–Crippen MR) is 96.9 cm³/mol. The smallest absolute Gasteiger partial charge is 0.228 e. The molecule has 7 heteroatoms. The Kier molecular flexibility index (Phi) is 5.49. The van der Waals surface area contributed by atoms with Crippen molar-refractivity contribution in [2.75, 3.05) is 45.2 Å². The standard InChI is InChI=1S/C18H24ClN3O3/c1-3-21-6-8-22(9-7-21)18(24)14-11-13(14)17(23)20-15-10-12(19)4-5-16(15)25-2/h4-5,10,13-14H,3,6-9,11H2,1-2H3,(H,20,23). The molecule has 136 valence electrons. The summed E-state index contributed by atoms with van der Waals surface area (Å²) in [6.45, 7) is 6.46. The molecule has 0 spiro atoms. The van der Waals surface area contributed by atoms with Gasteiger partial charge < -0.3 is 19.9 Å². The third-order valence-corrected chi connectivity index (χ3v) is 5.23. The number of methoxy groups -OCH3 is 1. The van der Waals surface area contributed by atoms with Crippen molar-refractivity contribution in [3.8, 4) is 5.75 Å². The summed E-state index contributed by atoms with van der Waals surface area (Å²) in [4.78, 5) is 29.3. The van der Waals surface area contributed by atoms with E-state index in [1.165, 1.54) is 7.11 Å². The first-order chi connectivity index (χ1) is 12.0. The summed E-state index contributed by atoms with van der Waals surface area (Å²) in [6, 6.07) is 5.07. The van der Waals surface area contributed by atoms with Crippen molar-refractivity contribution in [2.45, 2.75) is 13.3 Å². The molecule has 1 saturated carbocycles. The molecule has 0 radical (unpaired) electrons. The third-order valence-electron chi connectivity index (χ3n) is 4.99. The summed E-state index contributed by atoms with van der Waals surface area (Å²) in [7, 11) is 1.54. The lowest BCUT2D eigenvalue weighted by Crippen LogP contribution is -2.49. The lowest BCUT2D eigenvalue weighted by Gasteiger charge is -2.34. The largest absolute Gasteiger partial charge is 0.495 e. The van der Waals surface area contributed by atoms with Crippen LogP contribution in [-0.4, -0.2) is 61.4 Å². The van der Waals surface area contributed by atoms with Crippen molar-refractivity contribution in [1.82, 2.24) is 9.80 Å². The lowest BCUT2D eigenvalue weighted by molar-refractivity contribution is -0.135. The molecule has 1 aliphatic carbocycles. The van der Waals surface area contributed by atoms with Crippen LogP contribution < -0.4 is 10.1 Å². The average Bonchev–Trinajstić information content (AvgIpc) is 3.42. The van der Waals surface area contributed by atoms with E-state index in [4.69, 9.17) is 16.3 Å². The van der Waals surface area contributed by atoms with Gasteiger partial charge in [-0.05, 0) is 31.2 Å². The first kappa shape index (κ1) is 18.0. The second-order valence-electron chi connectivity index (χ2n) is 6.54. The zero-order chi connectivity index (χ0) is 18.0. The Hall–Kier alpha value is -1.79. The minimum atomic E-state index is -0.264. The minimum absolute atomic E-state index is 0.106. The number of piperazine rings is 1. The fourth-order valence-electron chi connectivity index (χ4n) is 3.28. The molecule has 1 aromatic carbocycles. The molecular weight excluding hydrogens is 342 g/mol. The van der Waals surface area contributed by atoms with Gasteiger partial charge in [-0.15, -0.1) is 0 Å². The van der Waals surface area contributed by atoms with E-state index >= 15 is 0 Å². The van der Waals surface area contributed by atoms with Crippen molar-refractivity contribution in [3.05, 3.63) is 23.2 Å². The van der Waals surface area contributed by atoms with Crippen molar-refractivity contribution < 1.29 is 14.3 Å². The first-order valence-electron chi connectivity index (χ1n) is 8.69. The van der Waals surface area contributed by atoms with Gasteiger partial charge in [-0.2, -0.15) is 0 Å². The Morgan fingerprint density at radius 2 is 1.96 bits per heavy atom. The summed E-state index contributed by atoms with van der Waals surface area (Å²) < 4.78 is 5.24. The van der Waals surface area contributed by atoms with Crippen LogP contribution in [-0.2, 0) is 9.59 Å². The van der Waals surface area contributed by atoms with Crippen molar-refractivity contribution in [1.29, 1.82) is 0 Å². The van der Waals surface area contributed by atoms with Crippen LogP contribution in [0.25, 0.3) is 0 Å². The van der Waals surface area contributed by atoms with E-state index in [9.17, 15) is 9.59 Å². The zero-order valence-electron chi connectivity index (χ0n) is 14.6. The fourth-order valence-corrected chi connectivity index (χ4v) is 3.45. The van der Waals surface area contributed by atoms with Gasteiger partial charge in [0.2, 0.25) is 11.8 Å². The Labute approximate surface area is 153 Å². The number of halogens is 1. The van der Waals surface area contributed by atoms with E-state index in [1.54, 1.807) is 18.2 Å². The number of ether oxygens (including phenoxy) is 1. The van der Waals surface area contributed by atoms with Gasteiger partial charge in [-0.3, -0.25) is 9.59 Å². The summed E-state index contributed by atoms with van der Waals surface area (Å²) in [6.07, 6.45) is 0.613. The zero-order valence-corrected chi connectivity index (χ0v) is 15.4. The highest BCUT2D eigenvalue weighted by atomic mass is 35.5. The second-order valence-corrected chi connectivity index (χ2v) is 6.98. The summed E-state index contributed by atoms with van der Waals surface area (Å²) in [5.41, 5.74) is 0.537. The molecule has 25 heavy (non-hydrogen) atoms. The van der Waals surface area contributed by atoms with Crippen molar-refractivity contribution in [3.63, 3.8) is 0 Å². The maximum atomic E-state index is 12.6. The highest BCUT2D eigenvalue weighted by molar-refractivity contribution is 6.31.